The van der Waals surface area contributed by atoms with E-state index >= 15 is 0 Å². The fourth-order valence-corrected chi connectivity index (χ4v) is 5.45. The maximum atomic E-state index is 1.68. The summed E-state index contributed by atoms with van der Waals surface area (Å²) in [5, 5.41) is 0. The first-order valence-corrected chi connectivity index (χ1v) is 3.97. The normalized spacial score (nSPS) is 108. The molecule has 0 aliphatic heterocycles. The number of rotatable bonds is 0. The van der Waals surface area contributed by atoms with Gasteiger partial charge in [-0.15, -0.1) is 0 Å². The Hall–Kier alpha value is 0. The first kappa shape index (κ1) is 2.72. The number of hydrogen-bond acceptors (Lipinski definition) is 0. The molecule has 0 N–H and O–H groups in total. The zero-order valence-electron chi connectivity index (χ0n) is 4.67. The summed E-state index contributed by atoms with van der Waals surface area (Å²) >= 11 is 0. The highest BCUT2D eigenvalue weighted by Crippen LogP contribution is 3.11. The lowest BCUT2D eigenvalue weighted by Gasteiger charge is -2.33. The van der Waals surface area contributed by atoms with Crippen LogP contribution in [-0.2, 0) is 0 Å². The molecule has 2 bridgehead atoms. The van der Waals surface area contributed by atoms with Crippen molar-refractivity contribution in [3.63, 3.8) is 0 Å². The lowest BCUT2D eigenvalue weighted by molar-refractivity contribution is 0.135. The van der Waals surface area contributed by atoms with E-state index in [0.29, 0.717) is 0 Å². The van der Waals surface area contributed by atoms with Crippen LogP contribution >= 0.6 is 0 Å². The van der Waals surface area contributed by atoms with Gasteiger partial charge in [0.1, 0.15) is 0 Å². The first-order chi connectivity index (χ1) is 3.97. The predicted molar refractivity (Wildman–Crippen MR) is 28.0 cm³/mol. The third-order valence-electron chi connectivity index (χ3n) is 5.29. The lowest BCUT2D eigenvalue weighted by Crippen LogP contribution is -2.29. The number of hydrogen-bond donors (Lipinski definition) is 0. The van der Waals surface area contributed by atoms with Gasteiger partial charge >= 0.3 is 0 Å². The molecule has 7 atom stereocenters. The van der Waals surface area contributed by atoms with Crippen LogP contribution in [0.15, 0.2) is 0 Å². The van der Waals surface area contributed by atoms with E-state index in [1.165, 1.54) is 35.5 Å². The molecule has 6 rings (SSSR count). The van der Waals surface area contributed by atoms with Crippen LogP contribution in [0.25, 0.3) is 0 Å². The molecule has 0 nitrogen and oxygen atoms in total. The van der Waals surface area contributed by atoms with E-state index in [1.54, 1.807) is 6.42 Å². The molecular formula is C8H8. The Labute approximate surface area is 48.3 Å². The van der Waals surface area contributed by atoms with Crippen LogP contribution in [0.5, 0.6) is 0 Å². The van der Waals surface area contributed by atoms with Crippen molar-refractivity contribution in [1.29, 1.82) is 0 Å². The van der Waals surface area contributed by atoms with Gasteiger partial charge in [0, 0.05) is 0 Å². The smallest absolute Gasteiger partial charge is 0.0164 e. The molecule has 6 saturated carbocycles. The van der Waals surface area contributed by atoms with E-state index < -0.39 is 0 Å². The van der Waals surface area contributed by atoms with Gasteiger partial charge in [-0.25, -0.2) is 0 Å². The Morgan fingerprint density at radius 1 is 1.12 bits per heavy atom. The summed E-state index contributed by atoms with van der Waals surface area (Å²) in [4.78, 5) is 0. The molecule has 6 fully saturated rings. The van der Waals surface area contributed by atoms with Crippen molar-refractivity contribution in [3.8, 4) is 0 Å². The summed E-state index contributed by atoms with van der Waals surface area (Å²) in [5.74, 6) is 7.95. The molecule has 0 amide bonds. The van der Waals surface area contributed by atoms with Crippen molar-refractivity contribution < 1.29 is 0 Å². The Morgan fingerprint density at radius 3 is 2.25 bits per heavy atom. The second-order valence-corrected chi connectivity index (χ2v) is 4.66. The Morgan fingerprint density at radius 2 is 2.12 bits per heavy atom. The zero-order chi connectivity index (χ0) is 4.67. The van der Waals surface area contributed by atoms with Crippen LogP contribution in [0.2, 0.25) is 0 Å². The summed E-state index contributed by atoms with van der Waals surface area (Å²) in [6, 6.07) is 0. The predicted octanol–water partition coefficient (Wildman–Crippen LogP) is 1.13. The molecule has 0 heterocycles. The minimum atomic E-state index is 1.12. The van der Waals surface area contributed by atoms with Crippen LogP contribution in [0.3, 0.4) is 0 Å². The molecule has 0 heteroatoms. The van der Waals surface area contributed by atoms with Gasteiger partial charge in [0.2, 0.25) is 0 Å². The lowest BCUT2D eigenvalue weighted by atomic mass is 9.71. The second-order valence-electron chi connectivity index (χ2n) is 4.66. The van der Waals surface area contributed by atoms with Crippen LogP contribution in [0.1, 0.15) is 6.42 Å². The highest BCUT2D eigenvalue weighted by Gasteiger charge is 3.07. The van der Waals surface area contributed by atoms with Crippen molar-refractivity contribution in [2.45, 2.75) is 6.42 Å². The minimum absolute atomic E-state index is 1.12. The summed E-state index contributed by atoms with van der Waals surface area (Å²) in [5.41, 5.74) is 1.12. The van der Waals surface area contributed by atoms with Gasteiger partial charge < -0.3 is 0 Å². The van der Waals surface area contributed by atoms with E-state index in [9.17, 15) is 0 Å². The SMILES string of the molecule is C1C2C3C4C1C41C2C31. The molecule has 8 heavy (non-hydrogen) atoms. The van der Waals surface area contributed by atoms with Crippen LogP contribution in [0.4, 0.5) is 0 Å². The first-order valence-electron chi connectivity index (χ1n) is 3.97. The third-order valence-corrected chi connectivity index (χ3v) is 5.29. The van der Waals surface area contributed by atoms with Crippen molar-refractivity contribution in [3.05, 3.63) is 0 Å². The molecule has 0 saturated heterocycles. The minimum Gasteiger partial charge on any atom is -0.0461 e. The second kappa shape index (κ2) is 0.403. The summed E-state index contributed by atoms with van der Waals surface area (Å²) < 4.78 is 0. The molecule has 1 spiro atoms. The maximum Gasteiger partial charge on any atom is -0.0164 e. The van der Waals surface area contributed by atoms with Gasteiger partial charge in [0.15, 0.2) is 0 Å². The summed E-state index contributed by atoms with van der Waals surface area (Å²) in [6.45, 7) is 0. The Bertz CT molecular complexity index is 198. The maximum absolute atomic E-state index is 1.68. The van der Waals surface area contributed by atoms with Gasteiger partial charge in [0.05, 0.1) is 0 Å². The molecule has 7 unspecified atom stereocenters. The molecule has 0 radical (unpaired) electrons. The standard InChI is InChI=1S/C8H8/c1-2-4-6-3(1)8(6)5(2)7(4)8/h2-7H,1H2. The van der Waals surface area contributed by atoms with E-state index in [4.69, 9.17) is 0 Å². The third kappa shape index (κ3) is 0.0651. The zero-order valence-corrected chi connectivity index (χ0v) is 4.67. The fraction of sp³-hybridized carbons (Fsp3) is 1.00. The summed E-state index contributed by atoms with van der Waals surface area (Å²) in [6.07, 6.45) is 1.68. The quantitative estimate of drug-likeness (QED) is 0.432. The van der Waals surface area contributed by atoms with Crippen molar-refractivity contribution in [2.75, 3.05) is 0 Å². The van der Waals surface area contributed by atoms with Crippen LogP contribution in [0, 0.1) is 40.9 Å². The molecule has 40 valence electrons. The van der Waals surface area contributed by atoms with E-state index in [1.807, 2.05) is 0 Å². The van der Waals surface area contributed by atoms with Gasteiger partial charge in [0.25, 0.3) is 0 Å². The molecule has 0 aromatic heterocycles. The highest BCUT2D eigenvalue weighted by molar-refractivity contribution is 5.54. The fourth-order valence-electron chi connectivity index (χ4n) is 5.45. The van der Waals surface area contributed by atoms with Crippen LogP contribution < -0.4 is 0 Å². The molecule has 6 aliphatic carbocycles. The highest BCUT2D eigenvalue weighted by atomic mass is 15.1. The van der Waals surface area contributed by atoms with Crippen molar-refractivity contribution in [1.82, 2.24) is 0 Å². The monoisotopic (exact) mass is 104 g/mol. The van der Waals surface area contributed by atoms with Crippen LogP contribution in [-0.4, -0.2) is 0 Å². The van der Waals surface area contributed by atoms with Gasteiger partial charge in [-0.3, -0.25) is 0 Å². The largest absolute Gasteiger partial charge is 0.0461 e. The molecule has 0 aromatic rings. The summed E-state index contributed by atoms with van der Waals surface area (Å²) in [7, 11) is 0. The average molecular weight is 104 g/mol. The molecular weight excluding hydrogens is 96.1 g/mol. The van der Waals surface area contributed by atoms with Crippen molar-refractivity contribution in [2.24, 2.45) is 40.9 Å². The average Bonchev–Trinajstić information content (AvgIpc) is 2.21. The van der Waals surface area contributed by atoms with E-state index in [0.717, 1.165) is 5.41 Å². The molecule has 0 aromatic carbocycles. The van der Waals surface area contributed by atoms with Gasteiger partial charge in [-0.1, -0.05) is 0 Å². The topological polar surface area (TPSA) is 0 Å². The van der Waals surface area contributed by atoms with Gasteiger partial charge in [-0.2, -0.15) is 0 Å². The molecule has 6 aliphatic rings. The van der Waals surface area contributed by atoms with Crippen molar-refractivity contribution >= 4 is 0 Å². The Balaban J connectivity index is 2.16. The Kier molecular flexibility index (Phi) is 0.137. The van der Waals surface area contributed by atoms with Gasteiger partial charge in [-0.05, 0) is 47.3 Å². The van der Waals surface area contributed by atoms with E-state index in [-0.39, 0.29) is 0 Å². The van der Waals surface area contributed by atoms with E-state index in [2.05, 4.69) is 0 Å².